The molecule has 2 N–H and O–H groups in total. The topological polar surface area (TPSA) is 83.2 Å². The van der Waals surface area contributed by atoms with E-state index in [9.17, 15) is 9.90 Å². The van der Waals surface area contributed by atoms with Gasteiger partial charge in [-0.05, 0) is 31.4 Å². The Balaban J connectivity index is 1.73. The zero-order chi connectivity index (χ0) is 16.0. The van der Waals surface area contributed by atoms with Gasteiger partial charge in [-0.3, -0.25) is 15.2 Å². The van der Waals surface area contributed by atoms with Crippen LogP contribution in [0.4, 0.5) is 11.4 Å². The van der Waals surface area contributed by atoms with Crippen LogP contribution in [0.25, 0.3) is 0 Å². The molecule has 3 heterocycles. The van der Waals surface area contributed by atoms with Gasteiger partial charge < -0.3 is 10.0 Å². The number of phenolic OH excluding ortho intramolecular Hbond substituents is 1. The summed E-state index contributed by atoms with van der Waals surface area (Å²) in [7, 11) is 0. The van der Waals surface area contributed by atoms with Gasteiger partial charge in [-0.15, -0.1) is 0 Å². The van der Waals surface area contributed by atoms with Gasteiger partial charge in [0.05, 0.1) is 11.4 Å². The zero-order valence-corrected chi connectivity index (χ0v) is 12.8. The van der Waals surface area contributed by atoms with Crippen LogP contribution in [-0.2, 0) is 4.79 Å². The van der Waals surface area contributed by atoms with Crippen molar-refractivity contribution in [3.8, 4) is 5.75 Å². The molecule has 0 radical (unpaired) electrons. The minimum absolute atomic E-state index is 0.174. The Bertz CT molecular complexity index is 684. The number of nitrogens with zero attached hydrogens (tertiary/aromatic N) is 4. The van der Waals surface area contributed by atoms with Crippen molar-refractivity contribution in [1.82, 2.24) is 10.0 Å². The number of hydrogen-bond donors (Lipinski definition) is 2. The van der Waals surface area contributed by atoms with Crippen LogP contribution in [0, 0.1) is 5.41 Å². The van der Waals surface area contributed by atoms with Crippen molar-refractivity contribution < 1.29 is 9.90 Å². The predicted molar refractivity (Wildman–Crippen MR) is 87.4 cm³/mol. The molecular weight excluding hydrogens is 294 g/mol. The number of fused-ring (bicyclic) bond motifs is 1. The highest BCUT2D eigenvalue weighted by Crippen LogP contribution is 2.35. The molecule has 0 saturated carbocycles. The molecule has 0 bridgehead atoms. The Labute approximate surface area is 134 Å². The summed E-state index contributed by atoms with van der Waals surface area (Å²) in [6.45, 7) is 3.18. The second-order valence-electron chi connectivity index (χ2n) is 6.08. The molecule has 0 aromatic heterocycles. The molecule has 120 valence electrons. The maximum atomic E-state index is 12.5. The number of hydrazine groups is 1. The molecule has 3 saturated heterocycles. The molecule has 1 aromatic carbocycles. The minimum Gasteiger partial charge on any atom is -0.508 e. The van der Waals surface area contributed by atoms with Crippen molar-refractivity contribution in [3.63, 3.8) is 0 Å². The van der Waals surface area contributed by atoms with Gasteiger partial charge in [0.1, 0.15) is 5.75 Å². The number of rotatable bonds is 2. The minimum atomic E-state index is -0.201. The summed E-state index contributed by atoms with van der Waals surface area (Å²) in [6, 6.07) is 4.98. The first-order chi connectivity index (χ1) is 11.1. The molecule has 7 nitrogen and oxygen atoms in total. The average Bonchev–Trinajstić information content (AvgIpc) is 3.26. The van der Waals surface area contributed by atoms with Gasteiger partial charge >= 0.3 is 0 Å². The summed E-state index contributed by atoms with van der Waals surface area (Å²) in [5.74, 6) is 0.161. The predicted octanol–water partition coefficient (Wildman–Crippen LogP) is 1.51. The second kappa shape index (κ2) is 5.26. The smallest absolute Gasteiger partial charge is 0.294 e. The van der Waals surface area contributed by atoms with Crippen molar-refractivity contribution in [2.24, 2.45) is 4.99 Å². The lowest BCUT2D eigenvalue weighted by Crippen LogP contribution is -2.33. The van der Waals surface area contributed by atoms with E-state index < -0.39 is 0 Å². The first-order valence-corrected chi connectivity index (χ1v) is 8.00. The van der Waals surface area contributed by atoms with Crippen LogP contribution in [0.2, 0.25) is 0 Å². The standard InChI is InChI=1S/C16H19N5O2/c17-15-14(16(23)21-9-3-8-20(15)21)18-12-5-4-11(22)10-13(12)19-6-1-2-7-19/h4-5,10,17,22H,1-3,6-9H2. The molecule has 0 atom stereocenters. The second-order valence-corrected chi connectivity index (χ2v) is 6.08. The Hall–Kier alpha value is -2.57. The fourth-order valence-corrected chi connectivity index (χ4v) is 3.44. The van der Waals surface area contributed by atoms with Crippen LogP contribution >= 0.6 is 0 Å². The molecule has 1 amide bonds. The lowest BCUT2D eigenvalue weighted by Gasteiger charge is -2.20. The van der Waals surface area contributed by atoms with Gasteiger partial charge in [0.15, 0.2) is 11.5 Å². The van der Waals surface area contributed by atoms with Gasteiger partial charge in [0.2, 0.25) is 0 Å². The van der Waals surface area contributed by atoms with Crippen molar-refractivity contribution in [3.05, 3.63) is 18.2 Å². The number of aromatic hydroxyl groups is 1. The molecule has 7 heteroatoms. The number of carbonyl (C=O) groups excluding carboxylic acids is 1. The summed E-state index contributed by atoms with van der Waals surface area (Å²) < 4.78 is 0. The Morgan fingerprint density at radius 1 is 1.04 bits per heavy atom. The quantitative estimate of drug-likeness (QED) is 0.867. The van der Waals surface area contributed by atoms with E-state index in [4.69, 9.17) is 5.41 Å². The third-order valence-electron chi connectivity index (χ3n) is 4.59. The highest BCUT2D eigenvalue weighted by molar-refractivity contribution is 6.68. The molecule has 3 aliphatic rings. The number of carbonyl (C=O) groups is 1. The van der Waals surface area contributed by atoms with E-state index in [1.165, 1.54) is 0 Å². The molecule has 4 rings (SSSR count). The van der Waals surface area contributed by atoms with Gasteiger partial charge in [-0.2, -0.15) is 0 Å². The van der Waals surface area contributed by atoms with Gasteiger partial charge in [0, 0.05) is 32.2 Å². The lowest BCUT2D eigenvalue weighted by molar-refractivity contribution is -0.129. The number of nitrogens with one attached hydrogen (secondary N) is 1. The van der Waals surface area contributed by atoms with E-state index >= 15 is 0 Å². The number of amides is 1. The third kappa shape index (κ3) is 2.23. The molecule has 23 heavy (non-hydrogen) atoms. The first kappa shape index (κ1) is 14.0. The van der Waals surface area contributed by atoms with Gasteiger partial charge in [0.25, 0.3) is 5.91 Å². The van der Waals surface area contributed by atoms with Crippen LogP contribution < -0.4 is 4.90 Å². The van der Waals surface area contributed by atoms with E-state index in [1.807, 2.05) is 0 Å². The number of benzene rings is 1. The van der Waals surface area contributed by atoms with Crippen molar-refractivity contribution in [2.75, 3.05) is 31.1 Å². The van der Waals surface area contributed by atoms with Crippen LogP contribution in [0.15, 0.2) is 23.2 Å². The highest BCUT2D eigenvalue weighted by Gasteiger charge is 2.42. The molecule has 3 fully saturated rings. The number of aliphatic imine (C=N–C) groups is 1. The van der Waals surface area contributed by atoms with E-state index in [2.05, 4.69) is 9.89 Å². The third-order valence-corrected chi connectivity index (χ3v) is 4.59. The van der Waals surface area contributed by atoms with Gasteiger partial charge in [-0.1, -0.05) is 0 Å². The summed E-state index contributed by atoms with van der Waals surface area (Å²) >= 11 is 0. The fraction of sp³-hybridized carbons (Fsp3) is 0.438. The van der Waals surface area contributed by atoms with Crippen molar-refractivity contribution in [1.29, 1.82) is 5.41 Å². The van der Waals surface area contributed by atoms with E-state index in [1.54, 1.807) is 28.2 Å². The van der Waals surface area contributed by atoms with E-state index in [-0.39, 0.29) is 23.2 Å². The number of anilines is 1. The zero-order valence-electron chi connectivity index (χ0n) is 12.8. The highest BCUT2D eigenvalue weighted by atomic mass is 16.3. The Morgan fingerprint density at radius 2 is 1.78 bits per heavy atom. The fourth-order valence-electron chi connectivity index (χ4n) is 3.44. The van der Waals surface area contributed by atoms with Gasteiger partial charge in [-0.25, -0.2) is 10.0 Å². The monoisotopic (exact) mass is 313 g/mol. The molecule has 3 aliphatic heterocycles. The van der Waals surface area contributed by atoms with E-state index in [0.717, 1.165) is 38.0 Å². The van der Waals surface area contributed by atoms with Crippen molar-refractivity contribution >= 4 is 28.8 Å². The van der Waals surface area contributed by atoms with Crippen LogP contribution in [0.3, 0.4) is 0 Å². The molecule has 0 unspecified atom stereocenters. The summed E-state index contributed by atoms with van der Waals surface area (Å²) in [6.07, 6.45) is 3.11. The van der Waals surface area contributed by atoms with Crippen LogP contribution in [0.5, 0.6) is 5.75 Å². The van der Waals surface area contributed by atoms with Crippen LogP contribution in [0.1, 0.15) is 19.3 Å². The number of amidine groups is 1. The SMILES string of the molecule is N=C1C(=Nc2ccc(O)cc2N2CCCC2)C(=O)N2CCCN12. The first-order valence-electron chi connectivity index (χ1n) is 8.00. The van der Waals surface area contributed by atoms with E-state index in [0.29, 0.717) is 18.8 Å². The Morgan fingerprint density at radius 3 is 2.52 bits per heavy atom. The normalized spacial score (nSPS) is 22.6. The maximum absolute atomic E-state index is 12.5. The molecule has 0 aliphatic carbocycles. The molecule has 0 spiro atoms. The number of hydrogen-bond acceptors (Lipinski definition) is 5. The molecule has 1 aromatic rings. The maximum Gasteiger partial charge on any atom is 0.294 e. The molecular formula is C16H19N5O2. The summed E-state index contributed by atoms with van der Waals surface area (Å²) in [5, 5.41) is 21.3. The average molecular weight is 313 g/mol. The summed E-state index contributed by atoms with van der Waals surface area (Å²) in [4.78, 5) is 19.1. The number of phenols is 1. The Kier molecular flexibility index (Phi) is 3.21. The largest absolute Gasteiger partial charge is 0.508 e. The summed E-state index contributed by atoms with van der Waals surface area (Å²) in [5.41, 5.74) is 1.66. The lowest BCUT2D eigenvalue weighted by atomic mass is 10.2. The van der Waals surface area contributed by atoms with Crippen LogP contribution in [-0.4, -0.2) is 58.8 Å². The van der Waals surface area contributed by atoms with Crippen molar-refractivity contribution in [2.45, 2.75) is 19.3 Å².